The van der Waals surface area contributed by atoms with E-state index in [1.807, 2.05) is 23.8 Å². The summed E-state index contributed by atoms with van der Waals surface area (Å²) < 4.78 is 2.91. The molecule has 94 valence electrons. The normalized spacial score (nSPS) is 17.1. The molecule has 0 saturated carbocycles. The Morgan fingerprint density at radius 1 is 1.59 bits per heavy atom. The van der Waals surface area contributed by atoms with E-state index in [0.717, 1.165) is 42.6 Å². The van der Waals surface area contributed by atoms with Crippen LogP contribution in [-0.4, -0.2) is 29.6 Å². The summed E-state index contributed by atoms with van der Waals surface area (Å²) in [7, 11) is 0. The van der Waals surface area contributed by atoms with Gasteiger partial charge in [-0.15, -0.1) is 0 Å². The van der Waals surface area contributed by atoms with Crippen LogP contribution in [0.3, 0.4) is 0 Å². The largest absolute Gasteiger partial charge is 0.348 e. The summed E-state index contributed by atoms with van der Waals surface area (Å²) >= 11 is 3.41. The van der Waals surface area contributed by atoms with E-state index in [1.165, 1.54) is 0 Å². The molecule has 2 N–H and O–H groups in total. The average Bonchev–Trinajstić information content (AvgIpc) is 2.72. The van der Waals surface area contributed by atoms with Crippen molar-refractivity contribution in [1.82, 2.24) is 15.2 Å². The molecular weight excluding hydrogens is 282 g/mol. The van der Waals surface area contributed by atoms with Gasteiger partial charge in [-0.05, 0) is 54.9 Å². The molecule has 0 radical (unpaired) electrons. The zero-order valence-electron chi connectivity index (χ0n) is 10.0. The first-order valence-electron chi connectivity index (χ1n) is 6.08. The molecule has 0 unspecified atom stereocenters. The van der Waals surface area contributed by atoms with Gasteiger partial charge in [0.25, 0.3) is 5.91 Å². The molecule has 2 heterocycles. The molecule has 0 aliphatic carbocycles. The molecule has 5 heteroatoms. The quantitative estimate of drug-likeness (QED) is 0.893. The fourth-order valence-corrected chi connectivity index (χ4v) is 2.62. The van der Waals surface area contributed by atoms with Crippen LogP contribution in [0.15, 0.2) is 16.7 Å². The van der Waals surface area contributed by atoms with E-state index < -0.39 is 0 Å². The van der Waals surface area contributed by atoms with Gasteiger partial charge in [0, 0.05) is 23.3 Å². The highest BCUT2D eigenvalue weighted by Crippen LogP contribution is 2.15. The minimum absolute atomic E-state index is 0.0319. The van der Waals surface area contributed by atoms with Gasteiger partial charge >= 0.3 is 0 Å². The SMILES string of the molecule is CCn1cc(Br)cc1C(=O)NC1CCNCC1. The lowest BCUT2D eigenvalue weighted by Crippen LogP contribution is -2.43. The lowest BCUT2D eigenvalue weighted by Gasteiger charge is -2.23. The highest BCUT2D eigenvalue weighted by atomic mass is 79.9. The van der Waals surface area contributed by atoms with Crippen LogP contribution in [0.4, 0.5) is 0 Å². The number of carbonyl (C=O) groups is 1. The Labute approximate surface area is 110 Å². The number of nitrogens with zero attached hydrogens (tertiary/aromatic N) is 1. The standard InChI is InChI=1S/C12H18BrN3O/c1-2-16-8-9(13)7-11(16)12(17)15-10-3-5-14-6-4-10/h7-8,10,14H,2-6H2,1H3,(H,15,17). The maximum absolute atomic E-state index is 12.1. The number of aryl methyl sites for hydroxylation is 1. The third-order valence-electron chi connectivity index (χ3n) is 3.11. The van der Waals surface area contributed by atoms with E-state index in [4.69, 9.17) is 0 Å². The second-order valence-electron chi connectivity index (χ2n) is 4.33. The summed E-state index contributed by atoms with van der Waals surface area (Å²) in [5.74, 6) is 0.0319. The second kappa shape index (κ2) is 5.69. The van der Waals surface area contributed by atoms with Gasteiger partial charge in [0.15, 0.2) is 0 Å². The zero-order chi connectivity index (χ0) is 12.3. The Kier molecular flexibility index (Phi) is 4.23. The third kappa shape index (κ3) is 3.10. The maximum atomic E-state index is 12.1. The minimum atomic E-state index is 0.0319. The highest BCUT2D eigenvalue weighted by Gasteiger charge is 2.18. The summed E-state index contributed by atoms with van der Waals surface area (Å²) in [6.07, 6.45) is 3.97. The molecule has 1 aromatic heterocycles. The van der Waals surface area contributed by atoms with Gasteiger partial charge in [-0.3, -0.25) is 4.79 Å². The smallest absolute Gasteiger partial charge is 0.268 e. The Hall–Kier alpha value is -0.810. The monoisotopic (exact) mass is 299 g/mol. The third-order valence-corrected chi connectivity index (χ3v) is 3.54. The van der Waals surface area contributed by atoms with Crippen molar-refractivity contribution in [1.29, 1.82) is 0 Å². The van der Waals surface area contributed by atoms with E-state index in [-0.39, 0.29) is 5.91 Å². The lowest BCUT2D eigenvalue weighted by atomic mass is 10.1. The summed E-state index contributed by atoms with van der Waals surface area (Å²) in [6, 6.07) is 2.18. The zero-order valence-corrected chi connectivity index (χ0v) is 11.6. The number of halogens is 1. The summed E-state index contributed by atoms with van der Waals surface area (Å²) in [5, 5.41) is 6.39. The highest BCUT2D eigenvalue weighted by molar-refractivity contribution is 9.10. The summed E-state index contributed by atoms with van der Waals surface area (Å²) in [4.78, 5) is 12.1. The van der Waals surface area contributed by atoms with Crippen LogP contribution in [0, 0.1) is 0 Å². The topological polar surface area (TPSA) is 46.1 Å². The summed E-state index contributed by atoms with van der Waals surface area (Å²) in [5.41, 5.74) is 0.734. The molecule has 0 bridgehead atoms. The van der Waals surface area contributed by atoms with Gasteiger partial charge < -0.3 is 15.2 Å². The number of aromatic nitrogens is 1. The van der Waals surface area contributed by atoms with E-state index in [2.05, 4.69) is 26.6 Å². The van der Waals surface area contributed by atoms with Gasteiger partial charge in [0.2, 0.25) is 0 Å². The number of nitrogens with one attached hydrogen (secondary N) is 2. The predicted octanol–water partition coefficient (Wildman–Crippen LogP) is 1.75. The molecule has 1 aromatic rings. The van der Waals surface area contributed by atoms with Crippen LogP contribution in [0.5, 0.6) is 0 Å². The first-order chi connectivity index (χ1) is 8.20. The van der Waals surface area contributed by atoms with E-state index >= 15 is 0 Å². The van der Waals surface area contributed by atoms with Crippen LogP contribution in [0.2, 0.25) is 0 Å². The first kappa shape index (κ1) is 12.6. The van der Waals surface area contributed by atoms with Crippen molar-refractivity contribution in [2.45, 2.75) is 32.4 Å². The Bertz CT molecular complexity index is 396. The van der Waals surface area contributed by atoms with Gasteiger partial charge in [-0.25, -0.2) is 0 Å². The van der Waals surface area contributed by atoms with Gasteiger partial charge in [-0.1, -0.05) is 0 Å². The van der Waals surface area contributed by atoms with Gasteiger partial charge in [0.1, 0.15) is 5.69 Å². The van der Waals surface area contributed by atoms with Gasteiger partial charge in [-0.2, -0.15) is 0 Å². The van der Waals surface area contributed by atoms with Crippen molar-refractivity contribution in [2.24, 2.45) is 0 Å². The molecule has 1 aliphatic heterocycles. The molecule has 1 fully saturated rings. The Morgan fingerprint density at radius 2 is 2.29 bits per heavy atom. The van der Waals surface area contributed by atoms with E-state index in [9.17, 15) is 4.79 Å². The molecule has 1 amide bonds. The molecule has 1 saturated heterocycles. The first-order valence-corrected chi connectivity index (χ1v) is 6.87. The second-order valence-corrected chi connectivity index (χ2v) is 5.24. The molecule has 4 nitrogen and oxygen atoms in total. The molecule has 2 rings (SSSR count). The Morgan fingerprint density at radius 3 is 2.94 bits per heavy atom. The Balaban J connectivity index is 2.02. The molecule has 17 heavy (non-hydrogen) atoms. The molecule has 0 spiro atoms. The van der Waals surface area contributed by atoms with Crippen molar-refractivity contribution >= 4 is 21.8 Å². The van der Waals surface area contributed by atoms with E-state index in [1.54, 1.807) is 0 Å². The minimum Gasteiger partial charge on any atom is -0.348 e. The number of rotatable bonds is 3. The maximum Gasteiger partial charge on any atom is 0.268 e. The van der Waals surface area contributed by atoms with Crippen molar-refractivity contribution in [2.75, 3.05) is 13.1 Å². The number of piperidine rings is 1. The predicted molar refractivity (Wildman–Crippen MR) is 71.2 cm³/mol. The van der Waals surface area contributed by atoms with E-state index in [0.29, 0.717) is 6.04 Å². The molecule has 1 aliphatic rings. The van der Waals surface area contributed by atoms with Crippen LogP contribution in [-0.2, 0) is 6.54 Å². The molecular formula is C12H18BrN3O. The van der Waals surface area contributed by atoms with Crippen LogP contribution in [0.1, 0.15) is 30.3 Å². The van der Waals surface area contributed by atoms with Gasteiger partial charge in [0.05, 0.1) is 0 Å². The van der Waals surface area contributed by atoms with Crippen molar-refractivity contribution in [3.63, 3.8) is 0 Å². The van der Waals surface area contributed by atoms with Crippen LogP contribution < -0.4 is 10.6 Å². The average molecular weight is 300 g/mol. The van der Waals surface area contributed by atoms with Crippen molar-refractivity contribution < 1.29 is 4.79 Å². The fourth-order valence-electron chi connectivity index (χ4n) is 2.15. The van der Waals surface area contributed by atoms with Crippen LogP contribution >= 0.6 is 15.9 Å². The number of hydrogen-bond donors (Lipinski definition) is 2. The fraction of sp³-hybridized carbons (Fsp3) is 0.583. The van der Waals surface area contributed by atoms with Crippen molar-refractivity contribution in [3.05, 3.63) is 22.4 Å². The van der Waals surface area contributed by atoms with Crippen molar-refractivity contribution in [3.8, 4) is 0 Å². The number of hydrogen-bond acceptors (Lipinski definition) is 2. The number of carbonyl (C=O) groups excluding carboxylic acids is 1. The lowest BCUT2D eigenvalue weighted by molar-refractivity contribution is 0.0920. The molecule has 0 aromatic carbocycles. The molecule has 0 atom stereocenters. The van der Waals surface area contributed by atoms with Crippen LogP contribution in [0.25, 0.3) is 0 Å². The summed E-state index contributed by atoms with van der Waals surface area (Å²) in [6.45, 7) is 4.82. The number of amides is 1.